The van der Waals surface area contributed by atoms with Crippen LogP contribution in [0.2, 0.25) is 5.02 Å². The molecule has 3 aromatic carbocycles. The van der Waals surface area contributed by atoms with E-state index in [1.165, 1.54) is 5.56 Å². The molecule has 1 saturated carbocycles. The van der Waals surface area contributed by atoms with E-state index in [4.69, 9.17) is 21.6 Å². The molecule has 0 spiro atoms. The number of imide groups is 2. The van der Waals surface area contributed by atoms with Gasteiger partial charge in [-0.1, -0.05) is 23.7 Å². The zero-order chi connectivity index (χ0) is 40.1. The lowest BCUT2D eigenvalue weighted by Gasteiger charge is -2.38. The number of rotatable bonds is 8. The second kappa shape index (κ2) is 15.8. The number of carbonyl (C=O) groups excluding carboxylic acids is 5. The van der Waals surface area contributed by atoms with E-state index in [0.29, 0.717) is 51.1 Å². The number of benzene rings is 3. The van der Waals surface area contributed by atoms with Crippen LogP contribution in [0.1, 0.15) is 99.5 Å². The fourth-order valence-electron chi connectivity index (χ4n) is 10.3. The number of likely N-dealkylation sites (tertiary alicyclic amines) is 2. The SMILES string of the molecule is N#Cc1ccc(OC2C[C@@H]3CN(C(=O)c4ccc(C5CCN(CC6CCN(c7ccc8c(c7)C(=O)N(C7CCC(=O)NC7=O)C8=O)CC6)CC5)cc4)C[C@@H]3C2)cc1Cl. The van der Waals surface area contributed by atoms with Crippen LogP contribution in [0.5, 0.6) is 5.75 Å². The Kier molecular flexibility index (Phi) is 10.4. The highest BCUT2D eigenvalue weighted by Gasteiger charge is 2.45. The first-order valence-corrected chi connectivity index (χ1v) is 21.1. The number of fused-ring (bicyclic) bond motifs is 2. The number of hydrogen-bond acceptors (Lipinski definition) is 9. The largest absolute Gasteiger partial charge is 0.490 e. The number of carbonyl (C=O) groups is 5. The summed E-state index contributed by atoms with van der Waals surface area (Å²) in [5.74, 6) is 0.764. The van der Waals surface area contributed by atoms with Crippen molar-refractivity contribution in [1.29, 1.82) is 5.26 Å². The number of ether oxygens (including phenoxy) is 1. The summed E-state index contributed by atoms with van der Waals surface area (Å²) < 4.78 is 6.21. The van der Waals surface area contributed by atoms with Crippen molar-refractivity contribution < 1.29 is 28.7 Å². The lowest BCUT2D eigenvalue weighted by molar-refractivity contribution is -0.136. The molecule has 0 radical (unpaired) electrons. The molecule has 5 fully saturated rings. The Morgan fingerprint density at radius 3 is 2.21 bits per heavy atom. The second-order valence-corrected chi connectivity index (χ2v) is 17.4. The third-order valence-electron chi connectivity index (χ3n) is 13.5. The molecule has 0 aromatic heterocycles. The summed E-state index contributed by atoms with van der Waals surface area (Å²) in [6.45, 7) is 6.41. The Hall–Kier alpha value is -5.25. The van der Waals surface area contributed by atoms with Crippen molar-refractivity contribution >= 4 is 46.8 Å². The van der Waals surface area contributed by atoms with Crippen LogP contribution in [0, 0.1) is 29.1 Å². The van der Waals surface area contributed by atoms with Crippen molar-refractivity contribution in [3.8, 4) is 11.8 Å². The average Bonchev–Trinajstić information content (AvgIpc) is 3.88. The van der Waals surface area contributed by atoms with Crippen molar-refractivity contribution in [3.63, 3.8) is 0 Å². The summed E-state index contributed by atoms with van der Waals surface area (Å²) in [6, 6.07) is 20.0. The van der Waals surface area contributed by atoms with E-state index in [1.807, 2.05) is 23.1 Å². The summed E-state index contributed by atoms with van der Waals surface area (Å²) in [5, 5.41) is 11.8. The van der Waals surface area contributed by atoms with Gasteiger partial charge in [0.2, 0.25) is 11.8 Å². The molecule has 4 saturated heterocycles. The highest BCUT2D eigenvalue weighted by Crippen LogP contribution is 2.41. The number of amides is 5. The van der Waals surface area contributed by atoms with Crippen LogP contribution in [-0.2, 0) is 9.59 Å². The first kappa shape index (κ1) is 38.3. The van der Waals surface area contributed by atoms with Crippen LogP contribution < -0.4 is 15.0 Å². The van der Waals surface area contributed by atoms with Crippen molar-refractivity contribution in [2.24, 2.45) is 17.8 Å². The highest BCUT2D eigenvalue weighted by atomic mass is 35.5. The molecule has 3 aromatic rings. The van der Waals surface area contributed by atoms with Crippen LogP contribution >= 0.6 is 11.6 Å². The van der Waals surface area contributed by atoms with E-state index < -0.39 is 23.8 Å². The van der Waals surface area contributed by atoms with E-state index in [0.717, 1.165) is 100 Å². The smallest absolute Gasteiger partial charge is 0.262 e. The minimum absolute atomic E-state index is 0.0872. The number of nitrogens with one attached hydrogen (secondary N) is 1. The predicted octanol–water partition coefficient (Wildman–Crippen LogP) is 5.64. The molecule has 9 rings (SSSR count). The van der Waals surface area contributed by atoms with Crippen LogP contribution in [0.3, 0.4) is 0 Å². The molecule has 1 N–H and O–H groups in total. The fourth-order valence-corrected chi connectivity index (χ4v) is 10.5. The van der Waals surface area contributed by atoms with E-state index in [-0.39, 0.29) is 30.8 Å². The summed E-state index contributed by atoms with van der Waals surface area (Å²) in [7, 11) is 0. The van der Waals surface area contributed by atoms with Crippen LogP contribution in [0.15, 0.2) is 60.7 Å². The lowest BCUT2D eigenvalue weighted by atomic mass is 9.88. The molecular formula is C45H47ClN6O6. The van der Waals surface area contributed by atoms with E-state index in [9.17, 15) is 24.0 Å². The Morgan fingerprint density at radius 1 is 0.828 bits per heavy atom. The average molecular weight is 803 g/mol. The zero-order valence-corrected chi connectivity index (χ0v) is 33.2. The van der Waals surface area contributed by atoms with Crippen molar-refractivity contribution in [2.45, 2.75) is 69.4 Å². The molecule has 4 atom stereocenters. The Morgan fingerprint density at radius 2 is 1.53 bits per heavy atom. The zero-order valence-electron chi connectivity index (χ0n) is 32.4. The molecule has 5 heterocycles. The molecule has 13 heteroatoms. The Balaban J connectivity index is 0.709. The topological polar surface area (TPSA) is 143 Å². The standard InChI is InChI=1S/C45H47ClN6O6/c46-39-22-35(7-5-31(39)23-47)58-36-19-32-25-51(26-33(32)20-36)43(55)30-3-1-28(2-4-30)29-13-15-49(16-14-29)24-27-11-17-50(18-12-27)34-6-8-37-38(21-34)45(57)52(44(37)56)40-9-10-41(53)48-42(40)54/h1-8,21-22,27,29,32-33,36,40H,9-20,24-26H2,(H,48,53,54)/t32-,33+,36?,40?. The Labute approximate surface area is 343 Å². The summed E-state index contributed by atoms with van der Waals surface area (Å²) >= 11 is 6.20. The van der Waals surface area contributed by atoms with E-state index >= 15 is 0 Å². The third kappa shape index (κ3) is 7.46. The molecule has 5 aliphatic heterocycles. The monoisotopic (exact) mass is 802 g/mol. The van der Waals surface area contributed by atoms with Crippen molar-refractivity contribution in [1.82, 2.24) is 20.0 Å². The highest BCUT2D eigenvalue weighted by molar-refractivity contribution is 6.31. The summed E-state index contributed by atoms with van der Waals surface area (Å²) in [4.78, 5) is 71.9. The second-order valence-electron chi connectivity index (χ2n) is 17.0. The first-order valence-electron chi connectivity index (χ1n) is 20.7. The van der Waals surface area contributed by atoms with Gasteiger partial charge in [0.25, 0.3) is 17.7 Å². The predicted molar refractivity (Wildman–Crippen MR) is 216 cm³/mol. The van der Waals surface area contributed by atoms with Gasteiger partial charge in [-0.25, -0.2) is 0 Å². The molecule has 12 nitrogen and oxygen atoms in total. The minimum atomic E-state index is -0.965. The number of nitrogens with zero attached hydrogens (tertiary/aromatic N) is 5. The van der Waals surface area contributed by atoms with Gasteiger partial charge in [0.05, 0.1) is 27.8 Å². The molecule has 1 aliphatic carbocycles. The van der Waals surface area contributed by atoms with Gasteiger partial charge in [-0.3, -0.25) is 34.2 Å². The summed E-state index contributed by atoms with van der Waals surface area (Å²) in [5.41, 5.74) is 4.03. The third-order valence-corrected chi connectivity index (χ3v) is 13.8. The number of halogens is 1. The van der Waals surface area contributed by atoms with Crippen LogP contribution in [0.25, 0.3) is 0 Å². The molecular weight excluding hydrogens is 756 g/mol. The molecule has 6 aliphatic rings. The normalized spacial score (nSPS) is 25.5. The quantitative estimate of drug-likeness (QED) is 0.287. The fraction of sp³-hybridized carbons (Fsp3) is 0.467. The van der Waals surface area contributed by atoms with Gasteiger partial charge in [0.15, 0.2) is 0 Å². The Bertz CT molecular complexity index is 2180. The van der Waals surface area contributed by atoms with Gasteiger partial charge in [-0.2, -0.15) is 5.26 Å². The minimum Gasteiger partial charge on any atom is -0.490 e. The number of hydrogen-bond donors (Lipinski definition) is 1. The van der Waals surface area contributed by atoms with Crippen molar-refractivity contribution in [2.75, 3.05) is 50.7 Å². The van der Waals surface area contributed by atoms with Gasteiger partial charge in [0, 0.05) is 56.5 Å². The molecule has 2 unspecified atom stereocenters. The molecule has 300 valence electrons. The van der Waals surface area contributed by atoms with Crippen LogP contribution in [0.4, 0.5) is 5.69 Å². The van der Waals surface area contributed by atoms with E-state index in [2.05, 4.69) is 33.3 Å². The van der Waals surface area contributed by atoms with Crippen LogP contribution in [-0.4, -0.2) is 102 Å². The maximum Gasteiger partial charge on any atom is 0.262 e. The molecule has 0 bridgehead atoms. The van der Waals surface area contributed by atoms with Gasteiger partial charge in [-0.15, -0.1) is 0 Å². The first-order chi connectivity index (χ1) is 28.1. The van der Waals surface area contributed by atoms with Gasteiger partial charge < -0.3 is 19.4 Å². The molecule has 58 heavy (non-hydrogen) atoms. The maximum atomic E-state index is 13.5. The number of piperidine rings is 3. The van der Waals surface area contributed by atoms with Crippen molar-refractivity contribution in [3.05, 3.63) is 93.5 Å². The van der Waals surface area contributed by atoms with Gasteiger partial charge >= 0.3 is 0 Å². The van der Waals surface area contributed by atoms with Gasteiger partial charge in [0.1, 0.15) is 17.9 Å². The molecule has 5 amide bonds. The lowest BCUT2D eigenvalue weighted by Crippen LogP contribution is -2.54. The van der Waals surface area contributed by atoms with Gasteiger partial charge in [-0.05, 0) is 130 Å². The summed E-state index contributed by atoms with van der Waals surface area (Å²) in [6.07, 6.45) is 6.41. The maximum absolute atomic E-state index is 13.5. The number of nitriles is 1. The van der Waals surface area contributed by atoms with E-state index in [1.54, 1.807) is 30.3 Å². The number of anilines is 1.